The molecule has 0 fully saturated rings. The molecule has 1 atom stereocenters. The highest BCUT2D eigenvalue weighted by molar-refractivity contribution is 8.05. The summed E-state index contributed by atoms with van der Waals surface area (Å²) in [4.78, 5) is 14.0. The van der Waals surface area contributed by atoms with E-state index >= 15 is 0 Å². The van der Waals surface area contributed by atoms with Gasteiger partial charge in [0.2, 0.25) is 0 Å². The van der Waals surface area contributed by atoms with Crippen LogP contribution in [0.15, 0.2) is 64.8 Å². The van der Waals surface area contributed by atoms with Crippen molar-refractivity contribution in [2.45, 2.75) is 5.50 Å². The van der Waals surface area contributed by atoms with Crippen LogP contribution in [0.2, 0.25) is 5.15 Å². The number of benzene rings is 1. The summed E-state index contributed by atoms with van der Waals surface area (Å²) >= 11 is 7.71. The van der Waals surface area contributed by atoms with Crippen LogP contribution < -0.4 is 5.32 Å². The maximum Gasteiger partial charge on any atom is 0.171 e. The van der Waals surface area contributed by atoms with Crippen LogP contribution >= 0.6 is 23.4 Å². The number of thioether (sulfide) groups is 1. The number of aromatic nitrogens is 2. The molecule has 0 saturated heterocycles. The van der Waals surface area contributed by atoms with E-state index in [1.807, 2.05) is 30.5 Å². The van der Waals surface area contributed by atoms with Gasteiger partial charge in [0.1, 0.15) is 0 Å². The second-order valence-electron chi connectivity index (χ2n) is 5.24. The van der Waals surface area contributed by atoms with E-state index in [-0.39, 0.29) is 5.50 Å². The number of rotatable bonds is 3. The number of fused-ring (bicyclic) bond motifs is 1. The number of nitrogens with one attached hydrogen (secondary N) is 1. The molecule has 1 aliphatic rings. The zero-order valence-corrected chi connectivity index (χ0v) is 14.1. The number of nitrogens with zero attached hydrogens (tertiary/aromatic N) is 3. The Morgan fingerprint density at radius 2 is 1.96 bits per heavy atom. The normalized spacial score (nSPS) is 18.4. The summed E-state index contributed by atoms with van der Waals surface area (Å²) < 4.78 is 0. The molecule has 24 heavy (non-hydrogen) atoms. The molecule has 118 valence electrons. The number of aliphatic imine (C=N–C) groups is 1. The lowest BCUT2D eigenvalue weighted by Gasteiger charge is -2.11. The van der Waals surface area contributed by atoms with Crippen molar-refractivity contribution in [3.05, 3.63) is 70.5 Å². The zero-order chi connectivity index (χ0) is 16.4. The summed E-state index contributed by atoms with van der Waals surface area (Å²) in [5.74, 6) is 0. The predicted molar refractivity (Wildman–Crippen MR) is 102 cm³/mol. The topological polar surface area (TPSA) is 50.2 Å². The quantitative estimate of drug-likeness (QED) is 0.685. The first-order valence-electron chi connectivity index (χ1n) is 7.41. The highest BCUT2D eigenvalue weighted by atomic mass is 35.5. The van der Waals surface area contributed by atoms with Crippen LogP contribution in [-0.4, -0.2) is 21.7 Å². The van der Waals surface area contributed by atoms with E-state index in [0.29, 0.717) is 5.15 Å². The van der Waals surface area contributed by atoms with E-state index in [1.165, 1.54) is 0 Å². The molecule has 0 amide bonds. The SMILES string of the molecule is Clc1ncccc1NC1N=CC(=Cc2ccc3ncccc3c2)S1. The van der Waals surface area contributed by atoms with Gasteiger partial charge in [-0.2, -0.15) is 0 Å². The van der Waals surface area contributed by atoms with Gasteiger partial charge in [-0.05, 0) is 42.0 Å². The third-order valence-corrected chi connectivity index (χ3v) is 4.82. The first kappa shape index (κ1) is 15.2. The van der Waals surface area contributed by atoms with Crippen molar-refractivity contribution < 1.29 is 0 Å². The summed E-state index contributed by atoms with van der Waals surface area (Å²) in [5, 5.41) is 4.85. The lowest BCUT2D eigenvalue weighted by molar-refractivity contribution is 1.08. The van der Waals surface area contributed by atoms with Gasteiger partial charge in [-0.1, -0.05) is 35.5 Å². The number of anilines is 1. The summed E-state index contributed by atoms with van der Waals surface area (Å²) in [6, 6.07) is 14.0. The Hall–Kier alpha value is -2.37. The van der Waals surface area contributed by atoms with Gasteiger partial charge in [-0.25, -0.2) is 4.98 Å². The molecular weight excluding hydrogens is 340 g/mol. The molecule has 1 N–H and O–H groups in total. The first-order chi connectivity index (χ1) is 11.8. The highest BCUT2D eigenvalue weighted by Gasteiger charge is 2.16. The van der Waals surface area contributed by atoms with E-state index in [1.54, 1.807) is 24.2 Å². The third-order valence-electron chi connectivity index (χ3n) is 3.56. The number of halogens is 1. The molecule has 3 heterocycles. The van der Waals surface area contributed by atoms with Gasteiger partial charge in [0.15, 0.2) is 10.7 Å². The first-order valence-corrected chi connectivity index (χ1v) is 8.67. The van der Waals surface area contributed by atoms with Crippen molar-refractivity contribution in [3.63, 3.8) is 0 Å². The minimum atomic E-state index is -0.0972. The van der Waals surface area contributed by atoms with Crippen LogP contribution in [0.3, 0.4) is 0 Å². The number of pyridine rings is 2. The predicted octanol–water partition coefficient (Wildman–Crippen LogP) is 4.84. The van der Waals surface area contributed by atoms with Crippen molar-refractivity contribution >= 4 is 52.2 Å². The lowest BCUT2D eigenvalue weighted by Crippen LogP contribution is -2.10. The fraction of sp³-hybridized carbons (Fsp3) is 0.0556. The van der Waals surface area contributed by atoms with Crippen LogP contribution in [0.25, 0.3) is 17.0 Å². The Kier molecular flexibility index (Phi) is 4.19. The van der Waals surface area contributed by atoms with Crippen LogP contribution in [-0.2, 0) is 0 Å². The molecule has 0 bridgehead atoms. The Morgan fingerprint density at radius 1 is 1.08 bits per heavy atom. The molecule has 1 aliphatic heterocycles. The van der Waals surface area contributed by atoms with Gasteiger partial charge >= 0.3 is 0 Å². The monoisotopic (exact) mass is 352 g/mol. The second-order valence-corrected chi connectivity index (χ2v) is 6.75. The molecule has 0 radical (unpaired) electrons. The van der Waals surface area contributed by atoms with E-state index < -0.39 is 0 Å². The third kappa shape index (κ3) is 3.27. The zero-order valence-electron chi connectivity index (χ0n) is 12.6. The average molecular weight is 353 g/mol. The fourth-order valence-corrected chi connectivity index (χ4v) is 3.51. The average Bonchev–Trinajstić information content (AvgIpc) is 3.04. The van der Waals surface area contributed by atoms with Crippen molar-refractivity contribution in [2.24, 2.45) is 4.99 Å². The lowest BCUT2D eigenvalue weighted by atomic mass is 10.1. The van der Waals surface area contributed by atoms with Gasteiger partial charge in [-0.3, -0.25) is 9.98 Å². The van der Waals surface area contributed by atoms with Gasteiger partial charge in [-0.15, -0.1) is 0 Å². The Balaban J connectivity index is 1.50. The van der Waals surface area contributed by atoms with Crippen molar-refractivity contribution in [2.75, 3.05) is 5.32 Å². The van der Waals surface area contributed by atoms with Crippen LogP contribution in [0.5, 0.6) is 0 Å². The molecule has 0 spiro atoms. The van der Waals surface area contributed by atoms with Gasteiger partial charge < -0.3 is 5.32 Å². The molecule has 4 nitrogen and oxygen atoms in total. The summed E-state index contributed by atoms with van der Waals surface area (Å²) in [7, 11) is 0. The van der Waals surface area contributed by atoms with Gasteiger partial charge in [0.25, 0.3) is 0 Å². The fourth-order valence-electron chi connectivity index (χ4n) is 2.44. The second kappa shape index (κ2) is 6.63. The number of hydrogen-bond acceptors (Lipinski definition) is 5. The van der Waals surface area contributed by atoms with Crippen LogP contribution in [0, 0.1) is 0 Å². The summed E-state index contributed by atoms with van der Waals surface area (Å²) in [6.07, 6.45) is 7.46. The van der Waals surface area contributed by atoms with Crippen molar-refractivity contribution in [3.8, 4) is 0 Å². The van der Waals surface area contributed by atoms with E-state index in [9.17, 15) is 0 Å². The Labute approximate surface area is 148 Å². The molecule has 3 aromatic rings. The standard InChI is InChI=1S/C18H13ClN4S/c19-17-16(4-2-8-21-17)23-18-22-11-14(24-18)10-12-5-6-15-13(9-12)3-1-7-20-15/h1-11,18,23H. The van der Waals surface area contributed by atoms with Crippen molar-refractivity contribution in [1.29, 1.82) is 0 Å². The minimum Gasteiger partial charge on any atom is -0.353 e. The van der Waals surface area contributed by atoms with Crippen LogP contribution in [0.4, 0.5) is 5.69 Å². The van der Waals surface area contributed by atoms with E-state index in [2.05, 4.69) is 44.6 Å². The highest BCUT2D eigenvalue weighted by Crippen LogP contribution is 2.31. The maximum absolute atomic E-state index is 6.07. The van der Waals surface area contributed by atoms with Crippen LogP contribution in [0.1, 0.15) is 5.56 Å². The molecule has 6 heteroatoms. The molecule has 1 unspecified atom stereocenters. The van der Waals surface area contributed by atoms with Gasteiger partial charge in [0.05, 0.1) is 11.2 Å². The minimum absolute atomic E-state index is 0.0972. The van der Waals surface area contributed by atoms with E-state index in [0.717, 1.165) is 27.1 Å². The summed E-state index contributed by atoms with van der Waals surface area (Å²) in [6.45, 7) is 0. The van der Waals surface area contributed by atoms with Gasteiger partial charge in [0, 0.05) is 28.9 Å². The van der Waals surface area contributed by atoms with Crippen molar-refractivity contribution in [1.82, 2.24) is 9.97 Å². The Morgan fingerprint density at radius 3 is 2.88 bits per heavy atom. The molecule has 1 aromatic carbocycles. The summed E-state index contributed by atoms with van der Waals surface area (Å²) in [5.41, 5.74) is 2.81. The molecule has 0 saturated carbocycles. The molecular formula is C18H13ClN4S. The number of hydrogen-bond donors (Lipinski definition) is 1. The smallest absolute Gasteiger partial charge is 0.171 e. The molecule has 0 aliphatic carbocycles. The molecule has 4 rings (SSSR count). The Bertz CT molecular complexity index is 954. The largest absolute Gasteiger partial charge is 0.353 e. The van der Waals surface area contributed by atoms with E-state index in [4.69, 9.17) is 11.6 Å². The molecule has 2 aromatic heterocycles. The number of allylic oxidation sites excluding steroid dienone is 1. The maximum atomic E-state index is 6.07.